The van der Waals surface area contributed by atoms with Crippen molar-refractivity contribution in [1.29, 1.82) is 0 Å². The van der Waals surface area contributed by atoms with E-state index in [1.807, 2.05) is 0 Å². The Morgan fingerprint density at radius 3 is 2.20 bits per heavy atom. The van der Waals surface area contributed by atoms with E-state index in [-0.39, 0.29) is 0 Å². The largest absolute Gasteiger partial charge is 0.314 e. The molecule has 0 amide bonds. The van der Waals surface area contributed by atoms with E-state index in [1.165, 1.54) is 19.4 Å². The van der Waals surface area contributed by atoms with Crippen molar-refractivity contribution in [1.82, 2.24) is 10.2 Å². The van der Waals surface area contributed by atoms with E-state index in [4.69, 9.17) is 0 Å². The van der Waals surface area contributed by atoms with Gasteiger partial charge < -0.3 is 10.2 Å². The first-order valence-electron chi connectivity index (χ1n) is 6.41. The Balaban J connectivity index is 3.74. The topological polar surface area (TPSA) is 15.3 Å². The van der Waals surface area contributed by atoms with Gasteiger partial charge in [0.25, 0.3) is 0 Å². The summed E-state index contributed by atoms with van der Waals surface area (Å²) in [7, 11) is 2.23. The maximum Gasteiger partial charge on any atom is 0.00786 e. The second-order valence-electron chi connectivity index (χ2n) is 5.27. The summed E-state index contributed by atoms with van der Waals surface area (Å²) < 4.78 is 0. The molecule has 0 aromatic heterocycles. The van der Waals surface area contributed by atoms with Gasteiger partial charge in [-0.15, -0.1) is 0 Å². The number of nitrogens with zero attached hydrogens (tertiary/aromatic N) is 1. The Morgan fingerprint density at radius 2 is 1.73 bits per heavy atom. The van der Waals surface area contributed by atoms with Gasteiger partial charge in [-0.3, -0.25) is 0 Å². The SMILES string of the molecule is CCCNC(C)CC(C)N(C)CC(C)C. The molecule has 2 nitrogen and oxygen atoms in total. The lowest BCUT2D eigenvalue weighted by Gasteiger charge is -2.28. The van der Waals surface area contributed by atoms with Crippen molar-refractivity contribution >= 4 is 0 Å². The van der Waals surface area contributed by atoms with Gasteiger partial charge in [-0.25, -0.2) is 0 Å². The van der Waals surface area contributed by atoms with Crippen LogP contribution in [0.2, 0.25) is 0 Å². The molecule has 0 radical (unpaired) electrons. The first-order valence-corrected chi connectivity index (χ1v) is 6.41. The summed E-state index contributed by atoms with van der Waals surface area (Å²) in [4.78, 5) is 2.47. The Bertz CT molecular complexity index is 145. The molecule has 2 atom stereocenters. The van der Waals surface area contributed by atoms with E-state index < -0.39 is 0 Å². The highest BCUT2D eigenvalue weighted by molar-refractivity contribution is 4.71. The molecule has 0 aliphatic carbocycles. The molecular formula is C13H30N2. The fraction of sp³-hybridized carbons (Fsp3) is 1.00. The van der Waals surface area contributed by atoms with Crippen LogP contribution in [0.1, 0.15) is 47.5 Å². The Morgan fingerprint density at radius 1 is 1.13 bits per heavy atom. The Labute approximate surface area is 96.4 Å². The number of hydrogen-bond donors (Lipinski definition) is 1. The normalized spacial score (nSPS) is 16.0. The zero-order valence-electron chi connectivity index (χ0n) is 11.5. The van der Waals surface area contributed by atoms with E-state index in [0.29, 0.717) is 12.1 Å². The molecule has 0 aromatic carbocycles. The number of nitrogens with one attached hydrogen (secondary N) is 1. The molecule has 0 saturated heterocycles. The highest BCUT2D eigenvalue weighted by Crippen LogP contribution is 2.07. The van der Waals surface area contributed by atoms with Gasteiger partial charge in [-0.2, -0.15) is 0 Å². The summed E-state index contributed by atoms with van der Waals surface area (Å²) >= 11 is 0. The minimum Gasteiger partial charge on any atom is -0.314 e. The maximum atomic E-state index is 3.54. The third-order valence-electron chi connectivity index (χ3n) is 2.84. The molecule has 0 rings (SSSR count). The van der Waals surface area contributed by atoms with Crippen molar-refractivity contribution in [3.8, 4) is 0 Å². The zero-order valence-corrected chi connectivity index (χ0v) is 11.5. The van der Waals surface area contributed by atoms with Gasteiger partial charge in [0, 0.05) is 18.6 Å². The van der Waals surface area contributed by atoms with Crippen LogP contribution in [0.15, 0.2) is 0 Å². The van der Waals surface area contributed by atoms with E-state index >= 15 is 0 Å². The van der Waals surface area contributed by atoms with Crippen LogP contribution in [0.3, 0.4) is 0 Å². The third-order valence-corrected chi connectivity index (χ3v) is 2.84. The van der Waals surface area contributed by atoms with Crippen molar-refractivity contribution in [3.05, 3.63) is 0 Å². The minimum absolute atomic E-state index is 0.634. The average molecular weight is 214 g/mol. The van der Waals surface area contributed by atoms with Crippen LogP contribution in [0.5, 0.6) is 0 Å². The van der Waals surface area contributed by atoms with E-state index in [9.17, 15) is 0 Å². The van der Waals surface area contributed by atoms with Gasteiger partial charge in [0.15, 0.2) is 0 Å². The highest BCUT2D eigenvalue weighted by Gasteiger charge is 2.13. The molecule has 0 heterocycles. The van der Waals surface area contributed by atoms with Crippen LogP contribution >= 0.6 is 0 Å². The fourth-order valence-electron chi connectivity index (χ4n) is 1.92. The smallest absolute Gasteiger partial charge is 0.00786 e. The van der Waals surface area contributed by atoms with Gasteiger partial charge >= 0.3 is 0 Å². The predicted molar refractivity (Wildman–Crippen MR) is 69.3 cm³/mol. The summed E-state index contributed by atoms with van der Waals surface area (Å²) in [6.45, 7) is 13.7. The molecule has 0 aliphatic heterocycles. The quantitative estimate of drug-likeness (QED) is 0.668. The van der Waals surface area contributed by atoms with Gasteiger partial charge in [0.1, 0.15) is 0 Å². The van der Waals surface area contributed by atoms with E-state index in [0.717, 1.165) is 12.5 Å². The average Bonchev–Trinajstić information content (AvgIpc) is 2.13. The molecule has 0 fully saturated rings. The molecule has 2 heteroatoms. The number of hydrogen-bond acceptors (Lipinski definition) is 2. The van der Waals surface area contributed by atoms with E-state index in [2.05, 4.69) is 51.9 Å². The maximum absolute atomic E-state index is 3.54. The molecule has 92 valence electrons. The first kappa shape index (κ1) is 14.9. The minimum atomic E-state index is 0.634. The van der Waals surface area contributed by atoms with E-state index in [1.54, 1.807) is 0 Å². The van der Waals surface area contributed by atoms with Crippen LogP contribution in [0.25, 0.3) is 0 Å². The molecular weight excluding hydrogens is 184 g/mol. The van der Waals surface area contributed by atoms with Crippen LogP contribution in [-0.4, -0.2) is 37.1 Å². The van der Waals surface area contributed by atoms with Gasteiger partial charge in [-0.05, 0) is 46.2 Å². The summed E-state index contributed by atoms with van der Waals surface area (Å²) in [5.74, 6) is 0.761. The van der Waals surface area contributed by atoms with Crippen LogP contribution in [-0.2, 0) is 0 Å². The summed E-state index contributed by atoms with van der Waals surface area (Å²) in [5, 5.41) is 3.54. The van der Waals surface area contributed by atoms with Gasteiger partial charge in [0.05, 0.1) is 0 Å². The Kier molecular flexibility index (Phi) is 8.07. The predicted octanol–water partition coefficient (Wildman–Crippen LogP) is 2.74. The standard InChI is InChI=1S/C13H30N2/c1-7-8-14-12(4)9-13(5)15(6)10-11(2)3/h11-14H,7-10H2,1-6H3. The zero-order chi connectivity index (χ0) is 11.8. The first-order chi connectivity index (χ1) is 6.97. The fourth-order valence-corrected chi connectivity index (χ4v) is 1.92. The summed E-state index contributed by atoms with van der Waals surface area (Å²) in [5.41, 5.74) is 0. The van der Waals surface area contributed by atoms with Crippen molar-refractivity contribution in [2.24, 2.45) is 5.92 Å². The second kappa shape index (κ2) is 8.12. The molecule has 0 bridgehead atoms. The lowest BCUT2D eigenvalue weighted by atomic mass is 10.1. The van der Waals surface area contributed by atoms with Crippen molar-refractivity contribution in [2.75, 3.05) is 20.1 Å². The summed E-state index contributed by atoms with van der Waals surface area (Å²) in [6.07, 6.45) is 2.46. The van der Waals surface area contributed by atoms with Crippen molar-refractivity contribution < 1.29 is 0 Å². The van der Waals surface area contributed by atoms with Crippen molar-refractivity contribution in [3.63, 3.8) is 0 Å². The molecule has 0 aromatic rings. The highest BCUT2D eigenvalue weighted by atomic mass is 15.1. The van der Waals surface area contributed by atoms with Gasteiger partial charge in [0.2, 0.25) is 0 Å². The Hall–Kier alpha value is -0.0800. The third kappa shape index (κ3) is 7.80. The number of rotatable bonds is 8. The van der Waals surface area contributed by atoms with Gasteiger partial charge in [-0.1, -0.05) is 20.8 Å². The molecule has 0 spiro atoms. The van der Waals surface area contributed by atoms with Crippen LogP contribution < -0.4 is 5.32 Å². The summed E-state index contributed by atoms with van der Waals surface area (Å²) in [6, 6.07) is 1.31. The molecule has 2 unspecified atom stereocenters. The lowest BCUT2D eigenvalue weighted by Crippen LogP contribution is -2.38. The molecule has 1 N–H and O–H groups in total. The van der Waals surface area contributed by atoms with Crippen LogP contribution in [0, 0.1) is 5.92 Å². The molecule has 15 heavy (non-hydrogen) atoms. The molecule has 0 saturated carbocycles. The lowest BCUT2D eigenvalue weighted by molar-refractivity contribution is 0.208. The van der Waals surface area contributed by atoms with Crippen LogP contribution in [0.4, 0.5) is 0 Å². The monoisotopic (exact) mass is 214 g/mol. The van der Waals surface area contributed by atoms with Crippen molar-refractivity contribution in [2.45, 2.75) is 59.5 Å². The second-order valence-corrected chi connectivity index (χ2v) is 5.27. The molecule has 0 aliphatic rings.